The van der Waals surface area contributed by atoms with Crippen LogP contribution >= 0.6 is 0 Å². The van der Waals surface area contributed by atoms with Crippen LogP contribution in [0.15, 0.2) is 0 Å². The largest absolute Gasteiger partial charge is 0.480 e. The number of rotatable bonds is 4. The van der Waals surface area contributed by atoms with Gasteiger partial charge in [0.25, 0.3) is 0 Å². The molecule has 0 heterocycles. The summed E-state index contributed by atoms with van der Waals surface area (Å²) in [5.41, 5.74) is 0. The van der Waals surface area contributed by atoms with Crippen LogP contribution in [-0.4, -0.2) is 34.5 Å². The Morgan fingerprint density at radius 1 is 1.13 bits per heavy atom. The van der Waals surface area contributed by atoms with Crippen LogP contribution in [0.1, 0.15) is 38.5 Å². The number of hydrogen-bond donors (Lipinski definition) is 1. The topological polar surface area (TPSA) is 57.6 Å². The van der Waals surface area contributed by atoms with Crippen molar-refractivity contribution in [1.29, 1.82) is 0 Å². The molecule has 0 aromatic carbocycles. The van der Waals surface area contributed by atoms with E-state index in [0.29, 0.717) is 0 Å². The summed E-state index contributed by atoms with van der Waals surface area (Å²) in [5.74, 6) is -0.690. The summed E-state index contributed by atoms with van der Waals surface area (Å²) in [6.45, 7) is -0.111. The van der Waals surface area contributed by atoms with E-state index in [9.17, 15) is 9.59 Å². The van der Waals surface area contributed by atoms with Crippen molar-refractivity contribution in [2.75, 3.05) is 6.54 Å². The van der Waals surface area contributed by atoms with Crippen LogP contribution in [0.4, 0.5) is 0 Å². The Morgan fingerprint density at radius 3 is 2.20 bits per heavy atom. The number of carbonyl (C=O) groups excluding carboxylic acids is 1. The number of carboxylic acid groups (broad SMARTS) is 1. The normalized spacial score (nSPS) is 21.6. The highest BCUT2D eigenvalue weighted by Crippen LogP contribution is 2.34. The first-order chi connectivity index (χ1) is 7.18. The molecule has 0 aromatic heterocycles. The first-order valence-corrected chi connectivity index (χ1v) is 5.71. The molecule has 0 saturated heterocycles. The van der Waals surface area contributed by atoms with Crippen molar-refractivity contribution >= 4 is 11.9 Å². The van der Waals surface area contributed by atoms with Gasteiger partial charge in [-0.2, -0.15) is 0 Å². The van der Waals surface area contributed by atoms with E-state index < -0.39 is 5.97 Å². The lowest BCUT2D eigenvalue weighted by Gasteiger charge is -2.27. The maximum Gasteiger partial charge on any atom is 0.323 e. The monoisotopic (exact) mass is 211 g/mol. The van der Waals surface area contributed by atoms with Gasteiger partial charge in [-0.15, -0.1) is 0 Å². The highest BCUT2D eigenvalue weighted by Gasteiger charge is 2.37. The molecule has 0 unspecified atom stereocenters. The maximum atomic E-state index is 11.9. The van der Waals surface area contributed by atoms with E-state index in [-0.39, 0.29) is 24.4 Å². The minimum atomic E-state index is -0.893. The molecule has 4 nitrogen and oxygen atoms in total. The zero-order valence-electron chi connectivity index (χ0n) is 8.82. The molecule has 2 rings (SSSR count). The number of carboxylic acids is 1. The van der Waals surface area contributed by atoms with Crippen LogP contribution in [0.25, 0.3) is 0 Å². The minimum Gasteiger partial charge on any atom is -0.480 e. The summed E-state index contributed by atoms with van der Waals surface area (Å²) >= 11 is 0. The average molecular weight is 211 g/mol. The van der Waals surface area contributed by atoms with Gasteiger partial charge in [0.2, 0.25) is 5.91 Å². The number of amides is 1. The van der Waals surface area contributed by atoms with Gasteiger partial charge in [0.1, 0.15) is 6.54 Å². The summed E-state index contributed by atoms with van der Waals surface area (Å²) in [6, 6.07) is 0.189. The van der Waals surface area contributed by atoms with E-state index in [0.717, 1.165) is 38.5 Å². The van der Waals surface area contributed by atoms with Gasteiger partial charge in [0, 0.05) is 12.0 Å². The summed E-state index contributed by atoms with van der Waals surface area (Å²) in [7, 11) is 0. The Kier molecular flexibility index (Phi) is 2.93. The van der Waals surface area contributed by atoms with Gasteiger partial charge in [0.05, 0.1) is 0 Å². The van der Waals surface area contributed by atoms with Gasteiger partial charge < -0.3 is 10.0 Å². The van der Waals surface area contributed by atoms with Crippen molar-refractivity contribution in [1.82, 2.24) is 4.90 Å². The third-order valence-corrected chi connectivity index (χ3v) is 3.28. The maximum absolute atomic E-state index is 11.9. The van der Waals surface area contributed by atoms with Crippen molar-refractivity contribution in [3.63, 3.8) is 0 Å². The molecular weight excluding hydrogens is 194 g/mol. The Labute approximate surface area is 89.3 Å². The number of nitrogens with zero attached hydrogens (tertiary/aromatic N) is 1. The van der Waals surface area contributed by atoms with Gasteiger partial charge in [-0.1, -0.05) is 12.8 Å². The molecule has 0 aliphatic heterocycles. The Morgan fingerprint density at radius 2 is 1.73 bits per heavy atom. The molecule has 4 heteroatoms. The van der Waals surface area contributed by atoms with Crippen LogP contribution < -0.4 is 0 Å². The zero-order chi connectivity index (χ0) is 10.8. The molecule has 84 valence electrons. The van der Waals surface area contributed by atoms with Crippen molar-refractivity contribution < 1.29 is 14.7 Å². The molecule has 1 amide bonds. The molecule has 0 aromatic rings. The summed E-state index contributed by atoms with van der Waals surface area (Å²) < 4.78 is 0. The fraction of sp³-hybridized carbons (Fsp3) is 0.818. The molecule has 1 N–H and O–H groups in total. The van der Waals surface area contributed by atoms with Crippen molar-refractivity contribution in [2.24, 2.45) is 5.92 Å². The minimum absolute atomic E-state index is 0.0734. The van der Waals surface area contributed by atoms with Crippen molar-refractivity contribution in [2.45, 2.75) is 44.6 Å². The first kappa shape index (κ1) is 10.5. The van der Waals surface area contributed by atoms with Gasteiger partial charge in [-0.25, -0.2) is 0 Å². The lowest BCUT2D eigenvalue weighted by atomic mass is 10.2. The summed E-state index contributed by atoms with van der Waals surface area (Å²) in [4.78, 5) is 24.2. The van der Waals surface area contributed by atoms with Crippen LogP contribution in [0, 0.1) is 5.92 Å². The lowest BCUT2D eigenvalue weighted by molar-refractivity contribution is -0.146. The molecule has 0 bridgehead atoms. The second-order valence-corrected chi connectivity index (χ2v) is 4.57. The van der Waals surface area contributed by atoms with E-state index in [1.165, 1.54) is 0 Å². The molecule has 0 spiro atoms. The van der Waals surface area contributed by atoms with E-state index in [1.807, 2.05) is 0 Å². The van der Waals surface area contributed by atoms with Crippen LogP contribution in [0.3, 0.4) is 0 Å². The third kappa shape index (κ3) is 2.49. The van der Waals surface area contributed by atoms with Crippen LogP contribution in [0.5, 0.6) is 0 Å². The van der Waals surface area contributed by atoms with Crippen LogP contribution in [-0.2, 0) is 9.59 Å². The molecular formula is C11H17NO3. The molecule has 2 aliphatic carbocycles. The fourth-order valence-corrected chi connectivity index (χ4v) is 2.31. The van der Waals surface area contributed by atoms with E-state index in [4.69, 9.17) is 5.11 Å². The van der Waals surface area contributed by atoms with Crippen LogP contribution in [0.2, 0.25) is 0 Å². The second kappa shape index (κ2) is 4.21. The third-order valence-electron chi connectivity index (χ3n) is 3.28. The molecule has 2 fully saturated rings. The highest BCUT2D eigenvalue weighted by atomic mass is 16.4. The van der Waals surface area contributed by atoms with E-state index in [2.05, 4.69) is 0 Å². The van der Waals surface area contributed by atoms with Gasteiger partial charge >= 0.3 is 5.97 Å². The Bertz CT molecular complexity index is 267. The second-order valence-electron chi connectivity index (χ2n) is 4.57. The van der Waals surface area contributed by atoms with Gasteiger partial charge in [0.15, 0.2) is 0 Å². The first-order valence-electron chi connectivity index (χ1n) is 5.71. The van der Waals surface area contributed by atoms with Crippen molar-refractivity contribution in [3.8, 4) is 0 Å². The Hall–Kier alpha value is -1.06. The quantitative estimate of drug-likeness (QED) is 0.761. The molecule has 0 radical (unpaired) electrons. The predicted octanol–water partition coefficient (Wildman–Crippen LogP) is 1.25. The smallest absolute Gasteiger partial charge is 0.323 e. The average Bonchev–Trinajstić information content (AvgIpc) is 2.90. The molecule has 0 atom stereocenters. The van der Waals surface area contributed by atoms with Crippen molar-refractivity contribution in [3.05, 3.63) is 0 Å². The SMILES string of the molecule is O=C(O)CN(C(=O)C1CC1)C1CCCC1. The van der Waals surface area contributed by atoms with Gasteiger partial charge in [-0.05, 0) is 25.7 Å². The number of carbonyl (C=O) groups is 2. The zero-order valence-corrected chi connectivity index (χ0v) is 8.82. The standard InChI is InChI=1S/C11H17NO3/c13-10(14)7-12(9-3-1-2-4-9)11(15)8-5-6-8/h8-9H,1-7H2,(H,13,14). The highest BCUT2D eigenvalue weighted by molar-refractivity contribution is 5.85. The predicted molar refractivity (Wildman–Crippen MR) is 54.3 cm³/mol. The number of aliphatic carboxylic acids is 1. The summed E-state index contributed by atoms with van der Waals surface area (Å²) in [6.07, 6.45) is 6.10. The Balaban J connectivity index is 2.00. The molecule has 15 heavy (non-hydrogen) atoms. The molecule has 2 saturated carbocycles. The molecule has 2 aliphatic rings. The summed E-state index contributed by atoms with van der Waals surface area (Å²) in [5, 5.41) is 8.80. The lowest BCUT2D eigenvalue weighted by Crippen LogP contribution is -2.43. The van der Waals surface area contributed by atoms with Gasteiger partial charge in [-0.3, -0.25) is 9.59 Å². The number of hydrogen-bond acceptors (Lipinski definition) is 2. The van der Waals surface area contributed by atoms with E-state index in [1.54, 1.807) is 4.90 Å². The fourth-order valence-electron chi connectivity index (χ4n) is 2.31. The van der Waals surface area contributed by atoms with E-state index >= 15 is 0 Å².